The van der Waals surface area contributed by atoms with Crippen LogP contribution in [-0.4, -0.2) is 25.6 Å². The number of alkyl halides is 3. The van der Waals surface area contributed by atoms with Crippen molar-refractivity contribution in [2.45, 2.75) is 38.1 Å². The van der Waals surface area contributed by atoms with Crippen LogP contribution in [-0.2, 0) is 0 Å². The van der Waals surface area contributed by atoms with E-state index >= 15 is 0 Å². The normalized spacial score (nSPS) is 19.1. The molecule has 6 heteroatoms. The summed E-state index contributed by atoms with van der Waals surface area (Å²) in [5.41, 5.74) is 0. The van der Waals surface area contributed by atoms with Gasteiger partial charge in [0.2, 0.25) is 0 Å². The quantitative estimate of drug-likeness (QED) is 0.813. The lowest BCUT2D eigenvalue weighted by Crippen LogP contribution is -2.21. The molecule has 1 N–H and O–H groups in total. The first-order chi connectivity index (χ1) is 9.54. The highest BCUT2D eigenvalue weighted by atomic mass is 19.4. The predicted molar refractivity (Wildman–Crippen MR) is 68.9 cm³/mol. The Balaban J connectivity index is 1.79. The van der Waals surface area contributed by atoms with Crippen LogP contribution in [0.15, 0.2) is 24.3 Å². The first-order valence-electron chi connectivity index (χ1n) is 6.75. The Hall–Kier alpha value is -1.43. The number of benzene rings is 1. The van der Waals surface area contributed by atoms with E-state index in [2.05, 4.69) is 10.1 Å². The molecule has 1 atom stereocenters. The Kier molecular flexibility index (Phi) is 5.11. The number of halogens is 3. The summed E-state index contributed by atoms with van der Waals surface area (Å²) in [6.45, 7) is 1.43. The van der Waals surface area contributed by atoms with Gasteiger partial charge in [0, 0.05) is 6.04 Å². The summed E-state index contributed by atoms with van der Waals surface area (Å²) in [6, 6.07) is 6.35. The van der Waals surface area contributed by atoms with E-state index in [-0.39, 0.29) is 11.5 Å². The molecular formula is C14H18F3NO2. The molecule has 1 aromatic rings. The lowest BCUT2D eigenvalue weighted by Gasteiger charge is -2.14. The third-order valence-electron chi connectivity index (χ3n) is 3.19. The van der Waals surface area contributed by atoms with E-state index in [0.29, 0.717) is 12.6 Å². The third kappa shape index (κ3) is 4.92. The number of ether oxygens (including phenoxy) is 2. The lowest BCUT2D eigenvalue weighted by atomic mass is 10.1. The van der Waals surface area contributed by atoms with Crippen LogP contribution in [0.3, 0.4) is 0 Å². The smallest absolute Gasteiger partial charge is 0.490 e. The van der Waals surface area contributed by atoms with Crippen LogP contribution in [0.5, 0.6) is 11.5 Å². The molecule has 2 rings (SSSR count). The number of para-hydroxylation sites is 2. The van der Waals surface area contributed by atoms with Gasteiger partial charge in [-0.05, 0) is 44.4 Å². The Morgan fingerprint density at radius 1 is 1.20 bits per heavy atom. The van der Waals surface area contributed by atoms with Gasteiger partial charge in [0.25, 0.3) is 0 Å². The average molecular weight is 289 g/mol. The number of hydrogen-bond donors (Lipinski definition) is 1. The van der Waals surface area contributed by atoms with Gasteiger partial charge in [-0.15, -0.1) is 13.2 Å². The van der Waals surface area contributed by atoms with Gasteiger partial charge in [0.1, 0.15) is 0 Å². The maximum atomic E-state index is 12.2. The molecule has 0 aromatic heterocycles. The molecule has 0 amide bonds. The van der Waals surface area contributed by atoms with Crippen LogP contribution < -0.4 is 14.8 Å². The van der Waals surface area contributed by atoms with E-state index in [0.717, 1.165) is 25.8 Å². The lowest BCUT2D eigenvalue weighted by molar-refractivity contribution is -0.275. The topological polar surface area (TPSA) is 30.5 Å². The minimum absolute atomic E-state index is 0.129. The largest absolute Gasteiger partial charge is 0.573 e. The monoisotopic (exact) mass is 289 g/mol. The first kappa shape index (κ1) is 15.0. The van der Waals surface area contributed by atoms with Crippen molar-refractivity contribution < 1.29 is 22.6 Å². The van der Waals surface area contributed by atoms with Gasteiger partial charge >= 0.3 is 6.36 Å². The van der Waals surface area contributed by atoms with Crippen LogP contribution in [0.25, 0.3) is 0 Å². The van der Waals surface area contributed by atoms with Crippen LogP contribution in [0.2, 0.25) is 0 Å². The number of hydrogen-bond acceptors (Lipinski definition) is 3. The molecule has 1 heterocycles. The fraction of sp³-hybridized carbons (Fsp3) is 0.571. The fourth-order valence-electron chi connectivity index (χ4n) is 2.29. The Morgan fingerprint density at radius 2 is 1.95 bits per heavy atom. The summed E-state index contributed by atoms with van der Waals surface area (Å²) >= 11 is 0. The summed E-state index contributed by atoms with van der Waals surface area (Å²) in [4.78, 5) is 0. The van der Waals surface area contributed by atoms with Gasteiger partial charge in [-0.2, -0.15) is 0 Å². The van der Waals surface area contributed by atoms with E-state index in [9.17, 15) is 13.2 Å². The molecule has 0 radical (unpaired) electrons. The van der Waals surface area contributed by atoms with Gasteiger partial charge in [0.05, 0.1) is 6.61 Å². The van der Waals surface area contributed by atoms with Crippen molar-refractivity contribution in [2.75, 3.05) is 13.2 Å². The molecule has 1 aromatic carbocycles. The summed E-state index contributed by atoms with van der Waals surface area (Å²) in [5, 5.41) is 3.37. The van der Waals surface area contributed by atoms with Gasteiger partial charge in [-0.3, -0.25) is 0 Å². The molecule has 1 fully saturated rings. The standard InChI is InChI=1S/C14H18F3NO2/c15-14(16,17)20-13-8-2-1-7-12(13)19-10-4-6-11-5-3-9-18-11/h1-2,7-8,11,18H,3-6,9-10H2. The summed E-state index contributed by atoms with van der Waals surface area (Å²) in [5.74, 6) is -0.164. The Labute approximate surface area is 116 Å². The van der Waals surface area contributed by atoms with Gasteiger partial charge in [0.15, 0.2) is 11.5 Å². The van der Waals surface area contributed by atoms with E-state index in [1.807, 2.05) is 0 Å². The summed E-state index contributed by atoms with van der Waals surface area (Å²) in [6.07, 6.45) is -0.574. The first-order valence-corrected chi connectivity index (χ1v) is 6.75. The van der Waals surface area contributed by atoms with Crippen molar-refractivity contribution in [3.05, 3.63) is 24.3 Å². The molecule has 3 nitrogen and oxygen atoms in total. The minimum Gasteiger partial charge on any atom is -0.490 e. The molecule has 0 aliphatic carbocycles. The highest BCUT2D eigenvalue weighted by molar-refractivity contribution is 5.39. The SMILES string of the molecule is FC(F)(F)Oc1ccccc1OCCCC1CCCN1. The molecule has 0 spiro atoms. The summed E-state index contributed by atoms with van der Waals surface area (Å²) in [7, 11) is 0. The average Bonchev–Trinajstić information content (AvgIpc) is 2.88. The van der Waals surface area contributed by atoms with Gasteiger partial charge < -0.3 is 14.8 Å². The molecule has 0 bridgehead atoms. The fourth-order valence-corrected chi connectivity index (χ4v) is 2.29. The van der Waals surface area contributed by atoms with E-state index in [1.165, 1.54) is 24.6 Å². The second kappa shape index (κ2) is 6.83. The highest BCUT2D eigenvalue weighted by Crippen LogP contribution is 2.31. The van der Waals surface area contributed by atoms with E-state index in [4.69, 9.17) is 4.74 Å². The second-order valence-corrected chi connectivity index (χ2v) is 4.78. The Bertz CT molecular complexity index is 417. The van der Waals surface area contributed by atoms with Crippen molar-refractivity contribution in [2.24, 2.45) is 0 Å². The maximum Gasteiger partial charge on any atom is 0.573 e. The second-order valence-electron chi connectivity index (χ2n) is 4.78. The minimum atomic E-state index is -4.70. The summed E-state index contributed by atoms with van der Waals surface area (Å²) < 4.78 is 46.0. The van der Waals surface area contributed by atoms with Gasteiger partial charge in [-0.1, -0.05) is 12.1 Å². The molecule has 112 valence electrons. The predicted octanol–water partition coefficient (Wildman–Crippen LogP) is 3.50. The van der Waals surface area contributed by atoms with Crippen molar-refractivity contribution in [1.29, 1.82) is 0 Å². The van der Waals surface area contributed by atoms with Crippen molar-refractivity contribution in [1.82, 2.24) is 5.32 Å². The van der Waals surface area contributed by atoms with E-state index in [1.54, 1.807) is 6.07 Å². The molecule has 20 heavy (non-hydrogen) atoms. The molecule has 1 unspecified atom stereocenters. The van der Waals surface area contributed by atoms with Crippen molar-refractivity contribution in [3.8, 4) is 11.5 Å². The zero-order valence-corrected chi connectivity index (χ0v) is 11.1. The van der Waals surface area contributed by atoms with Crippen LogP contribution >= 0.6 is 0 Å². The highest BCUT2D eigenvalue weighted by Gasteiger charge is 2.32. The number of nitrogens with one attached hydrogen (secondary N) is 1. The molecule has 0 saturated carbocycles. The third-order valence-corrected chi connectivity index (χ3v) is 3.19. The molecule has 1 saturated heterocycles. The molecular weight excluding hydrogens is 271 g/mol. The van der Waals surface area contributed by atoms with E-state index < -0.39 is 6.36 Å². The zero-order chi connectivity index (χ0) is 14.4. The van der Waals surface area contributed by atoms with Crippen LogP contribution in [0, 0.1) is 0 Å². The number of rotatable bonds is 6. The Morgan fingerprint density at radius 3 is 2.60 bits per heavy atom. The maximum absolute atomic E-state index is 12.2. The van der Waals surface area contributed by atoms with Crippen molar-refractivity contribution in [3.63, 3.8) is 0 Å². The van der Waals surface area contributed by atoms with Crippen LogP contribution in [0.4, 0.5) is 13.2 Å². The zero-order valence-electron chi connectivity index (χ0n) is 11.1. The van der Waals surface area contributed by atoms with Gasteiger partial charge in [-0.25, -0.2) is 0 Å². The van der Waals surface area contributed by atoms with Crippen molar-refractivity contribution >= 4 is 0 Å². The van der Waals surface area contributed by atoms with Crippen LogP contribution in [0.1, 0.15) is 25.7 Å². The molecule has 1 aliphatic heterocycles. The molecule has 1 aliphatic rings.